The molecular weight excluding hydrogens is 226 g/mol. The van der Waals surface area contributed by atoms with Crippen LogP contribution in [0.5, 0.6) is 0 Å². The Morgan fingerprint density at radius 3 is 2.50 bits per heavy atom. The van der Waals surface area contributed by atoms with Crippen molar-refractivity contribution in [2.24, 2.45) is 5.92 Å². The van der Waals surface area contributed by atoms with E-state index in [1.807, 2.05) is 13.1 Å². The monoisotopic (exact) mass is 249 g/mol. The zero-order chi connectivity index (χ0) is 13.0. The summed E-state index contributed by atoms with van der Waals surface area (Å²) in [4.78, 5) is 8.32. The van der Waals surface area contributed by atoms with Crippen molar-refractivity contribution >= 4 is 17.6 Å². The van der Waals surface area contributed by atoms with Gasteiger partial charge in [0.1, 0.15) is 11.6 Å². The standard InChI is InChI=1S/C13H23N5/c1-3-9-4-6-10(7-5-9)16-12-8-11(15-2)17-13(14)18-12/h8-10H,3-7H2,1-2H3,(H4,14,15,16,17,18). The van der Waals surface area contributed by atoms with E-state index in [9.17, 15) is 0 Å². The van der Waals surface area contributed by atoms with Gasteiger partial charge in [-0.3, -0.25) is 0 Å². The lowest BCUT2D eigenvalue weighted by molar-refractivity contribution is 0.330. The summed E-state index contributed by atoms with van der Waals surface area (Å²) in [6, 6.07) is 2.43. The number of nitrogens with two attached hydrogens (primary N) is 1. The fourth-order valence-corrected chi connectivity index (χ4v) is 2.59. The van der Waals surface area contributed by atoms with Gasteiger partial charge in [0.2, 0.25) is 5.95 Å². The molecule has 2 rings (SSSR count). The Kier molecular flexibility index (Phi) is 4.23. The number of aromatic nitrogens is 2. The van der Waals surface area contributed by atoms with E-state index in [0.717, 1.165) is 17.6 Å². The minimum atomic E-state index is 0.312. The van der Waals surface area contributed by atoms with E-state index in [4.69, 9.17) is 5.73 Å². The zero-order valence-electron chi connectivity index (χ0n) is 11.2. The van der Waals surface area contributed by atoms with Gasteiger partial charge < -0.3 is 16.4 Å². The maximum atomic E-state index is 5.68. The van der Waals surface area contributed by atoms with E-state index in [2.05, 4.69) is 27.5 Å². The summed E-state index contributed by atoms with van der Waals surface area (Å²) in [7, 11) is 1.83. The van der Waals surface area contributed by atoms with E-state index < -0.39 is 0 Å². The van der Waals surface area contributed by atoms with Crippen molar-refractivity contribution in [2.45, 2.75) is 45.1 Å². The number of anilines is 3. The average Bonchev–Trinajstić information content (AvgIpc) is 2.39. The van der Waals surface area contributed by atoms with E-state index in [1.165, 1.54) is 32.1 Å². The largest absolute Gasteiger partial charge is 0.373 e. The molecule has 0 spiro atoms. The fourth-order valence-electron chi connectivity index (χ4n) is 2.59. The summed E-state index contributed by atoms with van der Waals surface area (Å²) in [5, 5.41) is 6.46. The normalized spacial score (nSPS) is 23.7. The highest BCUT2D eigenvalue weighted by Crippen LogP contribution is 2.28. The molecule has 1 aromatic heterocycles. The molecule has 1 fully saturated rings. The Balaban J connectivity index is 1.95. The quantitative estimate of drug-likeness (QED) is 0.764. The topological polar surface area (TPSA) is 75.9 Å². The Morgan fingerprint density at radius 2 is 1.89 bits per heavy atom. The highest BCUT2D eigenvalue weighted by atomic mass is 15.1. The predicted molar refractivity (Wildman–Crippen MR) is 75.7 cm³/mol. The number of hydrogen-bond acceptors (Lipinski definition) is 5. The van der Waals surface area contributed by atoms with Crippen LogP contribution in [-0.4, -0.2) is 23.1 Å². The molecule has 0 radical (unpaired) electrons. The zero-order valence-corrected chi connectivity index (χ0v) is 11.2. The molecule has 1 heterocycles. The highest BCUT2D eigenvalue weighted by molar-refractivity contribution is 5.51. The molecule has 0 amide bonds. The van der Waals surface area contributed by atoms with Gasteiger partial charge in [-0.1, -0.05) is 13.3 Å². The Morgan fingerprint density at radius 1 is 1.22 bits per heavy atom. The van der Waals surface area contributed by atoms with E-state index in [0.29, 0.717) is 12.0 Å². The van der Waals surface area contributed by atoms with Gasteiger partial charge in [-0.15, -0.1) is 0 Å². The molecular formula is C13H23N5. The molecule has 0 aliphatic heterocycles. The first-order valence-corrected chi connectivity index (χ1v) is 6.80. The lowest BCUT2D eigenvalue weighted by Gasteiger charge is -2.28. The smallest absolute Gasteiger partial charge is 0.223 e. The molecule has 5 nitrogen and oxygen atoms in total. The molecule has 1 aliphatic rings. The van der Waals surface area contributed by atoms with Crippen LogP contribution in [0.1, 0.15) is 39.0 Å². The van der Waals surface area contributed by atoms with Crippen molar-refractivity contribution in [3.8, 4) is 0 Å². The van der Waals surface area contributed by atoms with Gasteiger partial charge >= 0.3 is 0 Å². The molecule has 1 aliphatic carbocycles. The van der Waals surface area contributed by atoms with Crippen LogP contribution >= 0.6 is 0 Å². The van der Waals surface area contributed by atoms with Crippen molar-refractivity contribution < 1.29 is 0 Å². The molecule has 0 aromatic carbocycles. The van der Waals surface area contributed by atoms with Gasteiger partial charge in [0, 0.05) is 19.2 Å². The van der Waals surface area contributed by atoms with Crippen molar-refractivity contribution in [3.05, 3.63) is 6.07 Å². The molecule has 5 heteroatoms. The van der Waals surface area contributed by atoms with E-state index in [-0.39, 0.29) is 0 Å². The summed E-state index contributed by atoms with van der Waals surface area (Å²) in [5.41, 5.74) is 5.68. The first kappa shape index (κ1) is 12.9. The lowest BCUT2D eigenvalue weighted by atomic mass is 9.84. The number of nitrogen functional groups attached to an aromatic ring is 1. The maximum Gasteiger partial charge on any atom is 0.223 e. The summed E-state index contributed by atoms with van der Waals surface area (Å²) in [6.07, 6.45) is 6.37. The Bertz CT molecular complexity index is 385. The van der Waals surface area contributed by atoms with Crippen LogP contribution in [0.2, 0.25) is 0 Å². The molecule has 100 valence electrons. The van der Waals surface area contributed by atoms with Crippen LogP contribution in [0.25, 0.3) is 0 Å². The third kappa shape index (κ3) is 3.24. The van der Waals surface area contributed by atoms with Gasteiger partial charge in [-0.2, -0.15) is 9.97 Å². The molecule has 0 unspecified atom stereocenters. The molecule has 0 bridgehead atoms. The first-order valence-electron chi connectivity index (χ1n) is 6.80. The second-order valence-electron chi connectivity index (χ2n) is 5.02. The van der Waals surface area contributed by atoms with Crippen molar-refractivity contribution in [2.75, 3.05) is 23.4 Å². The molecule has 18 heavy (non-hydrogen) atoms. The van der Waals surface area contributed by atoms with Gasteiger partial charge in [-0.25, -0.2) is 0 Å². The van der Waals surface area contributed by atoms with Crippen molar-refractivity contribution in [1.29, 1.82) is 0 Å². The highest BCUT2D eigenvalue weighted by Gasteiger charge is 2.20. The van der Waals surface area contributed by atoms with Crippen LogP contribution in [0, 0.1) is 5.92 Å². The molecule has 1 saturated carbocycles. The SMILES string of the molecule is CCC1CCC(Nc2cc(NC)nc(N)n2)CC1. The summed E-state index contributed by atoms with van der Waals surface area (Å²) in [6.45, 7) is 2.28. The molecule has 1 aromatic rings. The van der Waals surface area contributed by atoms with Crippen LogP contribution < -0.4 is 16.4 Å². The number of hydrogen-bond donors (Lipinski definition) is 3. The molecule has 0 saturated heterocycles. The summed E-state index contributed by atoms with van der Waals surface area (Å²) in [5.74, 6) is 2.80. The minimum absolute atomic E-state index is 0.312. The number of rotatable bonds is 4. The summed E-state index contributed by atoms with van der Waals surface area (Å²) >= 11 is 0. The predicted octanol–water partition coefficient (Wildman–Crippen LogP) is 2.48. The third-order valence-electron chi connectivity index (χ3n) is 3.78. The van der Waals surface area contributed by atoms with Crippen LogP contribution in [0.15, 0.2) is 6.07 Å². The van der Waals surface area contributed by atoms with Gasteiger partial charge in [0.15, 0.2) is 0 Å². The molecule has 4 N–H and O–H groups in total. The Hall–Kier alpha value is -1.52. The van der Waals surface area contributed by atoms with Gasteiger partial charge in [0.05, 0.1) is 0 Å². The Labute approximate surface area is 109 Å². The van der Waals surface area contributed by atoms with E-state index >= 15 is 0 Å². The molecule has 0 atom stereocenters. The van der Waals surface area contributed by atoms with Crippen LogP contribution in [0.3, 0.4) is 0 Å². The first-order chi connectivity index (χ1) is 8.71. The lowest BCUT2D eigenvalue weighted by Crippen LogP contribution is -2.26. The fraction of sp³-hybridized carbons (Fsp3) is 0.692. The number of nitrogens with one attached hydrogen (secondary N) is 2. The van der Waals surface area contributed by atoms with Crippen molar-refractivity contribution in [3.63, 3.8) is 0 Å². The van der Waals surface area contributed by atoms with Gasteiger partial charge in [0.25, 0.3) is 0 Å². The van der Waals surface area contributed by atoms with Crippen LogP contribution in [-0.2, 0) is 0 Å². The number of nitrogens with zero attached hydrogens (tertiary/aromatic N) is 2. The van der Waals surface area contributed by atoms with E-state index in [1.54, 1.807) is 0 Å². The summed E-state index contributed by atoms with van der Waals surface area (Å²) < 4.78 is 0. The second-order valence-corrected chi connectivity index (χ2v) is 5.02. The van der Waals surface area contributed by atoms with Crippen molar-refractivity contribution in [1.82, 2.24) is 9.97 Å². The maximum absolute atomic E-state index is 5.68. The van der Waals surface area contributed by atoms with Crippen LogP contribution in [0.4, 0.5) is 17.6 Å². The third-order valence-corrected chi connectivity index (χ3v) is 3.78. The second kappa shape index (κ2) is 5.89. The van der Waals surface area contributed by atoms with Gasteiger partial charge in [-0.05, 0) is 31.6 Å². The minimum Gasteiger partial charge on any atom is -0.373 e. The average molecular weight is 249 g/mol.